The van der Waals surface area contributed by atoms with Crippen molar-refractivity contribution in [3.05, 3.63) is 22.4 Å². The molecule has 1 heterocycles. The number of nitrogens with one attached hydrogen (secondary N) is 1. The third-order valence-electron chi connectivity index (χ3n) is 2.39. The molecule has 1 atom stereocenters. The highest BCUT2D eigenvalue weighted by atomic mass is 32.1. The fourth-order valence-electron chi connectivity index (χ4n) is 1.47. The van der Waals surface area contributed by atoms with E-state index in [1.54, 1.807) is 32.1 Å². The van der Waals surface area contributed by atoms with E-state index in [0.29, 0.717) is 6.61 Å². The van der Waals surface area contributed by atoms with Crippen LogP contribution in [0.4, 0.5) is 4.79 Å². The van der Waals surface area contributed by atoms with E-state index in [1.165, 1.54) is 0 Å². The van der Waals surface area contributed by atoms with Crippen LogP contribution in [0, 0.1) is 0 Å². The van der Waals surface area contributed by atoms with Crippen molar-refractivity contribution in [3.8, 4) is 0 Å². The van der Waals surface area contributed by atoms with Crippen molar-refractivity contribution in [2.45, 2.75) is 45.4 Å². The van der Waals surface area contributed by atoms with Gasteiger partial charge in [-0.25, -0.2) is 9.59 Å². The molecule has 7 heteroatoms. The van der Waals surface area contributed by atoms with Gasteiger partial charge in [0, 0.05) is 13.0 Å². The topological polar surface area (TPSA) is 84.9 Å². The molecule has 0 fully saturated rings. The van der Waals surface area contributed by atoms with Gasteiger partial charge in [-0.1, -0.05) is 0 Å². The molecule has 1 aromatic rings. The zero-order chi connectivity index (χ0) is 15.9. The standard InChI is InChI=1S/C14H21NO5S/c1-14(2,3)20-13(18)15-11(12(16)17)4-6-19-8-10-5-7-21-9-10/h5,7,9,11H,4,6,8H2,1-3H3,(H,15,18)(H,16,17)/t11-/m0/s1. The number of ether oxygens (including phenoxy) is 2. The number of aliphatic carboxylic acids is 1. The molecule has 1 rings (SSSR count). The van der Waals surface area contributed by atoms with Gasteiger partial charge >= 0.3 is 12.1 Å². The van der Waals surface area contributed by atoms with E-state index in [1.807, 2.05) is 16.8 Å². The molecule has 2 N–H and O–H groups in total. The van der Waals surface area contributed by atoms with Crippen molar-refractivity contribution < 1.29 is 24.2 Å². The summed E-state index contributed by atoms with van der Waals surface area (Å²) in [5.74, 6) is -1.11. The summed E-state index contributed by atoms with van der Waals surface area (Å²) in [5.41, 5.74) is 0.384. The van der Waals surface area contributed by atoms with E-state index < -0.39 is 23.7 Å². The molecule has 118 valence electrons. The Bertz CT molecular complexity index is 452. The number of carboxylic acid groups (broad SMARTS) is 1. The Morgan fingerprint density at radius 2 is 2.14 bits per heavy atom. The highest BCUT2D eigenvalue weighted by molar-refractivity contribution is 7.07. The Hall–Kier alpha value is -1.60. The van der Waals surface area contributed by atoms with Crippen molar-refractivity contribution in [1.82, 2.24) is 5.32 Å². The number of alkyl carbamates (subject to hydrolysis) is 1. The second-order valence-corrected chi connectivity index (χ2v) is 6.29. The first-order valence-electron chi connectivity index (χ1n) is 6.59. The Balaban J connectivity index is 2.32. The maximum atomic E-state index is 11.6. The first kappa shape index (κ1) is 17.5. The quantitative estimate of drug-likeness (QED) is 0.756. The lowest BCUT2D eigenvalue weighted by Crippen LogP contribution is -2.44. The Kier molecular flexibility index (Phi) is 6.64. The van der Waals surface area contributed by atoms with Crippen molar-refractivity contribution in [2.24, 2.45) is 0 Å². The molecule has 1 amide bonds. The van der Waals surface area contributed by atoms with Crippen LogP contribution >= 0.6 is 11.3 Å². The maximum absolute atomic E-state index is 11.6. The molecule has 0 saturated carbocycles. The van der Waals surface area contributed by atoms with Crippen LogP contribution in [0.5, 0.6) is 0 Å². The molecule has 0 spiro atoms. The Labute approximate surface area is 128 Å². The van der Waals surface area contributed by atoms with Gasteiger partial charge in [0.15, 0.2) is 0 Å². The fraction of sp³-hybridized carbons (Fsp3) is 0.571. The molecule has 0 bridgehead atoms. The van der Waals surface area contributed by atoms with E-state index >= 15 is 0 Å². The molecule has 21 heavy (non-hydrogen) atoms. The first-order chi connectivity index (χ1) is 9.78. The summed E-state index contributed by atoms with van der Waals surface area (Å²) >= 11 is 1.57. The van der Waals surface area contributed by atoms with Gasteiger partial charge in [0.2, 0.25) is 0 Å². The summed E-state index contributed by atoms with van der Waals surface area (Å²) in [7, 11) is 0. The summed E-state index contributed by atoms with van der Waals surface area (Å²) in [6.45, 7) is 5.82. The average molecular weight is 315 g/mol. The summed E-state index contributed by atoms with van der Waals surface area (Å²) in [6.07, 6.45) is -0.564. The number of thiophene rings is 1. The molecular weight excluding hydrogens is 294 g/mol. The number of rotatable bonds is 7. The van der Waals surface area contributed by atoms with Gasteiger partial charge < -0.3 is 19.9 Å². The zero-order valence-corrected chi connectivity index (χ0v) is 13.2. The normalized spacial score (nSPS) is 12.7. The predicted octanol–water partition coefficient (Wildman–Crippen LogP) is 2.63. The highest BCUT2D eigenvalue weighted by Crippen LogP contribution is 2.09. The number of carbonyl (C=O) groups is 2. The number of hydrogen-bond acceptors (Lipinski definition) is 5. The van der Waals surface area contributed by atoms with Crippen LogP contribution in [-0.2, 0) is 20.9 Å². The van der Waals surface area contributed by atoms with E-state index in [-0.39, 0.29) is 13.0 Å². The summed E-state index contributed by atoms with van der Waals surface area (Å²) in [5, 5.41) is 15.3. The lowest BCUT2D eigenvalue weighted by atomic mass is 10.2. The first-order valence-corrected chi connectivity index (χ1v) is 7.53. The molecular formula is C14H21NO5S. The molecule has 0 saturated heterocycles. The van der Waals surface area contributed by atoms with Crippen LogP contribution in [0.1, 0.15) is 32.8 Å². The van der Waals surface area contributed by atoms with Crippen LogP contribution in [0.15, 0.2) is 16.8 Å². The minimum absolute atomic E-state index is 0.179. The molecule has 0 aromatic carbocycles. The monoisotopic (exact) mass is 315 g/mol. The lowest BCUT2D eigenvalue weighted by Gasteiger charge is -2.22. The second-order valence-electron chi connectivity index (χ2n) is 5.51. The van der Waals surface area contributed by atoms with Gasteiger partial charge in [0.05, 0.1) is 6.61 Å². The minimum atomic E-state index is -1.11. The van der Waals surface area contributed by atoms with Crippen LogP contribution < -0.4 is 5.32 Å². The highest BCUT2D eigenvalue weighted by Gasteiger charge is 2.23. The van der Waals surface area contributed by atoms with Crippen molar-refractivity contribution in [3.63, 3.8) is 0 Å². The van der Waals surface area contributed by atoms with Gasteiger partial charge in [-0.2, -0.15) is 11.3 Å². The van der Waals surface area contributed by atoms with Gasteiger partial charge in [-0.15, -0.1) is 0 Å². The summed E-state index contributed by atoms with van der Waals surface area (Å²) in [6, 6.07) is 0.917. The van der Waals surface area contributed by atoms with E-state index in [0.717, 1.165) is 5.56 Å². The number of carboxylic acids is 1. The third-order valence-corrected chi connectivity index (χ3v) is 3.12. The van der Waals surface area contributed by atoms with Crippen molar-refractivity contribution in [1.29, 1.82) is 0 Å². The lowest BCUT2D eigenvalue weighted by molar-refractivity contribution is -0.140. The van der Waals surface area contributed by atoms with Crippen LogP contribution in [0.3, 0.4) is 0 Å². The van der Waals surface area contributed by atoms with Crippen molar-refractivity contribution in [2.75, 3.05) is 6.61 Å². The second kappa shape index (κ2) is 7.99. The molecule has 0 unspecified atom stereocenters. The fourth-order valence-corrected chi connectivity index (χ4v) is 2.13. The average Bonchev–Trinajstić information content (AvgIpc) is 2.83. The molecule has 0 aliphatic heterocycles. The number of hydrogen-bond donors (Lipinski definition) is 2. The Morgan fingerprint density at radius 1 is 1.43 bits per heavy atom. The number of amides is 1. The summed E-state index contributed by atoms with van der Waals surface area (Å²) in [4.78, 5) is 22.7. The van der Waals surface area contributed by atoms with Gasteiger partial charge in [0.25, 0.3) is 0 Å². The molecule has 6 nitrogen and oxygen atoms in total. The van der Waals surface area contributed by atoms with Gasteiger partial charge in [0.1, 0.15) is 11.6 Å². The van der Waals surface area contributed by atoms with Crippen LogP contribution in [0.2, 0.25) is 0 Å². The maximum Gasteiger partial charge on any atom is 0.408 e. The van der Waals surface area contributed by atoms with Crippen LogP contribution in [0.25, 0.3) is 0 Å². The van der Waals surface area contributed by atoms with Crippen molar-refractivity contribution >= 4 is 23.4 Å². The molecule has 0 aliphatic carbocycles. The van der Waals surface area contributed by atoms with E-state index in [4.69, 9.17) is 14.6 Å². The SMILES string of the molecule is CC(C)(C)OC(=O)N[C@@H](CCOCc1ccsc1)C(=O)O. The molecule has 0 aliphatic rings. The van der Waals surface area contributed by atoms with E-state index in [9.17, 15) is 9.59 Å². The van der Waals surface area contributed by atoms with Crippen LogP contribution in [-0.4, -0.2) is 35.4 Å². The molecule has 0 radical (unpaired) electrons. The Morgan fingerprint density at radius 3 is 2.67 bits per heavy atom. The predicted molar refractivity (Wildman–Crippen MR) is 79.4 cm³/mol. The van der Waals surface area contributed by atoms with Gasteiger partial charge in [-0.05, 0) is 43.2 Å². The molecule has 1 aromatic heterocycles. The largest absolute Gasteiger partial charge is 0.480 e. The minimum Gasteiger partial charge on any atom is -0.480 e. The number of carbonyl (C=O) groups excluding carboxylic acids is 1. The van der Waals surface area contributed by atoms with Gasteiger partial charge in [-0.3, -0.25) is 0 Å². The third kappa shape index (κ3) is 7.67. The zero-order valence-electron chi connectivity index (χ0n) is 12.4. The smallest absolute Gasteiger partial charge is 0.408 e. The summed E-state index contributed by atoms with van der Waals surface area (Å²) < 4.78 is 10.4. The van der Waals surface area contributed by atoms with E-state index in [2.05, 4.69) is 5.32 Å².